The summed E-state index contributed by atoms with van der Waals surface area (Å²) in [6, 6.07) is 22.1. The summed E-state index contributed by atoms with van der Waals surface area (Å²) < 4.78 is 6.31. The molecule has 4 N–H and O–H groups in total. The molecule has 4 heterocycles. The third-order valence-corrected chi connectivity index (χ3v) is 7.48. The number of carbonyl (C=O) groups is 2. The summed E-state index contributed by atoms with van der Waals surface area (Å²) in [6.45, 7) is 0.397. The van der Waals surface area contributed by atoms with Crippen molar-refractivity contribution in [2.75, 3.05) is 22.6 Å². The Hall–Kier alpha value is -5.11. The molecule has 8 nitrogen and oxygen atoms in total. The van der Waals surface area contributed by atoms with Crippen LogP contribution in [0.2, 0.25) is 0 Å². The third-order valence-electron chi connectivity index (χ3n) is 7.48. The van der Waals surface area contributed by atoms with Crippen molar-refractivity contribution in [2.45, 2.75) is 25.3 Å². The van der Waals surface area contributed by atoms with Crippen molar-refractivity contribution in [1.29, 1.82) is 0 Å². The molecule has 0 spiro atoms. The Morgan fingerprint density at radius 3 is 2.48 bits per heavy atom. The van der Waals surface area contributed by atoms with Crippen LogP contribution in [0.15, 0.2) is 85.3 Å². The van der Waals surface area contributed by atoms with Crippen LogP contribution in [0.1, 0.15) is 16.7 Å². The molecule has 0 fully saturated rings. The number of para-hydroxylation sites is 1. The highest BCUT2D eigenvalue weighted by atomic mass is 16.5. The average Bonchev–Trinajstić information content (AvgIpc) is 3.66. The fourth-order valence-electron chi connectivity index (χ4n) is 5.50. The second-order valence-corrected chi connectivity index (χ2v) is 10.3. The van der Waals surface area contributed by atoms with Crippen molar-refractivity contribution in [2.24, 2.45) is 0 Å². The molecule has 198 valence electrons. The molecule has 1 atom stereocenters. The summed E-state index contributed by atoms with van der Waals surface area (Å²) in [7, 11) is 0. The number of hydrogen-bond acceptors (Lipinski definition) is 5. The first-order valence-corrected chi connectivity index (χ1v) is 13.3. The summed E-state index contributed by atoms with van der Waals surface area (Å²) in [5.74, 6) is 0.694. The van der Waals surface area contributed by atoms with Crippen LogP contribution in [-0.4, -0.2) is 34.4 Å². The van der Waals surface area contributed by atoms with E-state index < -0.39 is 0 Å². The number of benzene rings is 3. The number of pyridine rings is 1. The zero-order valence-electron chi connectivity index (χ0n) is 21.7. The number of rotatable bonds is 8. The largest absolute Gasteiger partial charge is 0.490 e. The van der Waals surface area contributed by atoms with Crippen LogP contribution >= 0.6 is 0 Å². The van der Waals surface area contributed by atoms with Crippen LogP contribution < -0.4 is 20.7 Å². The Kier molecular flexibility index (Phi) is 5.92. The van der Waals surface area contributed by atoms with Gasteiger partial charge in [-0.1, -0.05) is 36.4 Å². The molecule has 0 radical (unpaired) electrons. The lowest BCUT2D eigenvalue weighted by Crippen LogP contribution is -2.29. The van der Waals surface area contributed by atoms with E-state index in [0.29, 0.717) is 25.2 Å². The molecular weight excluding hydrogens is 502 g/mol. The number of anilines is 3. The summed E-state index contributed by atoms with van der Waals surface area (Å²) in [5, 5.41) is 10.7. The number of H-pyrrole nitrogens is 1. The molecule has 0 saturated heterocycles. The molecule has 7 rings (SSSR count). The van der Waals surface area contributed by atoms with Crippen LogP contribution in [0.3, 0.4) is 0 Å². The van der Waals surface area contributed by atoms with Gasteiger partial charge in [-0.2, -0.15) is 0 Å². The first kappa shape index (κ1) is 24.0. The van der Waals surface area contributed by atoms with Crippen molar-refractivity contribution in [1.82, 2.24) is 9.97 Å². The van der Waals surface area contributed by atoms with Crippen molar-refractivity contribution >= 4 is 39.8 Å². The van der Waals surface area contributed by atoms with Gasteiger partial charge in [0.05, 0.1) is 25.1 Å². The fraction of sp³-hybridized carbons (Fsp3) is 0.156. The van der Waals surface area contributed by atoms with Gasteiger partial charge in [-0.15, -0.1) is 0 Å². The van der Waals surface area contributed by atoms with Gasteiger partial charge < -0.3 is 25.7 Å². The van der Waals surface area contributed by atoms with E-state index in [2.05, 4.69) is 44.2 Å². The zero-order valence-corrected chi connectivity index (χ0v) is 21.7. The third kappa shape index (κ3) is 4.75. The molecule has 0 unspecified atom stereocenters. The topological polar surface area (TPSA) is 108 Å². The average molecular weight is 530 g/mol. The Labute approximate surface area is 230 Å². The van der Waals surface area contributed by atoms with Crippen LogP contribution in [0.25, 0.3) is 22.0 Å². The van der Waals surface area contributed by atoms with E-state index in [4.69, 9.17) is 4.74 Å². The van der Waals surface area contributed by atoms with E-state index in [9.17, 15) is 9.59 Å². The van der Waals surface area contributed by atoms with Crippen molar-refractivity contribution < 1.29 is 14.3 Å². The number of nitrogens with one attached hydrogen (secondary N) is 4. The normalized spacial score (nSPS) is 14.4. The molecule has 0 aliphatic carbocycles. The molecule has 8 heteroatoms. The second kappa shape index (κ2) is 9.89. The maximum Gasteiger partial charge on any atom is 0.228 e. The van der Waals surface area contributed by atoms with Gasteiger partial charge in [-0.3, -0.25) is 14.6 Å². The van der Waals surface area contributed by atoms with Crippen molar-refractivity contribution in [3.8, 4) is 16.9 Å². The second-order valence-electron chi connectivity index (χ2n) is 10.3. The monoisotopic (exact) mass is 529 g/mol. The maximum atomic E-state index is 11.8. The summed E-state index contributed by atoms with van der Waals surface area (Å²) in [4.78, 5) is 31.4. The first-order valence-electron chi connectivity index (χ1n) is 13.3. The van der Waals surface area contributed by atoms with E-state index in [1.54, 1.807) is 12.4 Å². The van der Waals surface area contributed by atoms with Crippen LogP contribution in [0.5, 0.6) is 5.75 Å². The van der Waals surface area contributed by atoms with Gasteiger partial charge >= 0.3 is 0 Å². The van der Waals surface area contributed by atoms with Crippen molar-refractivity contribution in [3.63, 3.8) is 0 Å². The molecule has 3 aromatic carbocycles. The van der Waals surface area contributed by atoms with E-state index >= 15 is 0 Å². The van der Waals surface area contributed by atoms with Crippen LogP contribution in [0.4, 0.5) is 17.1 Å². The Balaban J connectivity index is 1.12. The predicted octanol–water partition coefficient (Wildman–Crippen LogP) is 5.32. The minimum absolute atomic E-state index is 0.0156. The van der Waals surface area contributed by atoms with Gasteiger partial charge in [0.1, 0.15) is 12.4 Å². The van der Waals surface area contributed by atoms with Gasteiger partial charge in [-0.25, -0.2) is 0 Å². The molecule has 2 aliphatic rings. The number of fused-ring (bicyclic) bond motifs is 3. The SMILES string of the molecule is O=C1Cc2ccc(N[C@H](COc3cncc(-c4ccc5c(c4)NC(=O)C5)c3)Cc3c[nH]c4ccccc34)cc2N1. The highest BCUT2D eigenvalue weighted by Gasteiger charge is 2.20. The molecule has 2 aliphatic heterocycles. The fourth-order valence-corrected chi connectivity index (χ4v) is 5.50. The molecule has 0 bridgehead atoms. The van der Waals surface area contributed by atoms with E-state index in [0.717, 1.165) is 51.3 Å². The number of ether oxygens (including phenoxy) is 1. The minimum Gasteiger partial charge on any atom is -0.490 e. The summed E-state index contributed by atoms with van der Waals surface area (Å²) in [6.07, 6.45) is 7.12. The molecule has 0 saturated carbocycles. The van der Waals surface area contributed by atoms with E-state index in [1.165, 1.54) is 10.9 Å². The van der Waals surface area contributed by atoms with E-state index in [1.807, 2.05) is 54.6 Å². The molecule has 2 aromatic heterocycles. The van der Waals surface area contributed by atoms with Crippen molar-refractivity contribution in [3.05, 3.63) is 102 Å². The van der Waals surface area contributed by atoms with Crippen LogP contribution in [-0.2, 0) is 28.9 Å². The summed E-state index contributed by atoms with van der Waals surface area (Å²) >= 11 is 0. The lowest BCUT2D eigenvalue weighted by molar-refractivity contribution is -0.115. The highest BCUT2D eigenvalue weighted by molar-refractivity contribution is 6.00. The number of aromatic nitrogens is 2. The minimum atomic E-state index is -0.0618. The number of carbonyl (C=O) groups excluding carboxylic acids is 2. The lowest BCUT2D eigenvalue weighted by Gasteiger charge is -2.21. The van der Waals surface area contributed by atoms with E-state index in [-0.39, 0.29) is 17.9 Å². The molecule has 5 aromatic rings. The number of hydrogen-bond donors (Lipinski definition) is 4. The zero-order chi connectivity index (χ0) is 27.1. The Morgan fingerprint density at radius 2 is 1.62 bits per heavy atom. The maximum absolute atomic E-state index is 11.8. The Bertz CT molecular complexity index is 1780. The number of aromatic amines is 1. The molecule has 2 amide bonds. The predicted molar refractivity (Wildman–Crippen MR) is 156 cm³/mol. The molecular formula is C32H27N5O3. The van der Waals surface area contributed by atoms with Gasteiger partial charge in [0.25, 0.3) is 0 Å². The first-order chi connectivity index (χ1) is 19.6. The number of amides is 2. The van der Waals surface area contributed by atoms with Gasteiger partial charge in [0.2, 0.25) is 11.8 Å². The van der Waals surface area contributed by atoms with Gasteiger partial charge in [0, 0.05) is 45.9 Å². The summed E-state index contributed by atoms with van der Waals surface area (Å²) in [5.41, 5.74) is 8.80. The lowest BCUT2D eigenvalue weighted by atomic mass is 10.0. The highest BCUT2D eigenvalue weighted by Crippen LogP contribution is 2.31. The van der Waals surface area contributed by atoms with Gasteiger partial charge in [0.15, 0.2) is 0 Å². The quantitative estimate of drug-likeness (QED) is 0.218. The number of nitrogens with zero attached hydrogens (tertiary/aromatic N) is 1. The molecule has 40 heavy (non-hydrogen) atoms. The van der Waals surface area contributed by atoms with Crippen LogP contribution in [0, 0.1) is 0 Å². The Morgan fingerprint density at radius 1 is 0.850 bits per heavy atom. The smallest absolute Gasteiger partial charge is 0.228 e. The van der Waals surface area contributed by atoms with Gasteiger partial charge in [-0.05, 0) is 59.0 Å². The standard InChI is InChI=1S/C32H27N5O3/c38-31-12-20-6-5-19(11-29(20)36-31)22-10-26(17-33-15-22)40-18-25(9-23-16-34-28-4-2-1-3-27(23)28)35-24-8-7-21-13-32(39)37-30(21)14-24/h1-8,10-11,14-17,25,34-35H,9,12-13,18H2,(H,36,38)(H,37,39)/t25-/m0/s1.